The van der Waals surface area contributed by atoms with Crippen molar-refractivity contribution in [2.75, 3.05) is 36.4 Å². The zero-order valence-electron chi connectivity index (χ0n) is 39.0. The van der Waals surface area contributed by atoms with Crippen LogP contribution in [0.3, 0.4) is 0 Å². The third-order valence-corrected chi connectivity index (χ3v) is 18.8. The van der Waals surface area contributed by atoms with Crippen LogP contribution in [0.1, 0.15) is 164 Å². The molecule has 10 nitrogen and oxygen atoms in total. The minimum atomic E-state index is -0.499. The number of carbonyl (C=O) groups is 2. The van der Waals surface area contributed by atoms with E-state index in [4.69, 9.17) is 9.97 Å². The van der Waals surface area contributed by atoms with Crippen molar-refractivity contribution in [2.45, 2.75) is 177 Å². The molecule has 346 valence electrons. The van der Waals surface area contributed by atoms with Gasteiger partial charge in [-0.05, 0) is 52.3 Å². The van der Waals surface area contributed by atoms with Crippen LogP contribution in [0, 0.1) is 12.7 Å². The van der Waals surface area contributed by atoms with Crippen molar-refractivity contribution in [1.29, 1.82) is 0 Å². The second kappa shape index (κ2) is 19.7. The predicted molar refractivity (Wildman–Crippen MR) is 253 cm³/mol. The van der Waals surface area contributed by atoms with Crippen molar-refractivity contribution in [1.82, 2.24) is 27.9 Å². The van der Waals surface area contributed by atoms with Crippen LogP contribution in [0.15, 0.2) is 42.7 Å². The molecule has 4 aromatic rings. The average molecular weight is 986 g/mol. The number of anilines is 3. The number of likely N-dealkylation sites (tertiary alicyclic amines) is 1. The second-order valence-corrected chi connectivity index (χ2v) is 23.9. The van der Waals surface area contributed by atoms with Crippen LogP contribution < -0.4 is 37.0 Å². The molecular formula is C52H71FIN8O2-. The van der Waals surface area contributed by atoms with Gasteiger partial charge in [-0.25, -0.2) is 4.39 Å². The van der Waals surface area contributed by atoms with E-state index >= 15 is 9.18 Å². The van der Waals surface area contributed by atoms with Crippen LogP contribution in [0.25, 0.3) is 22.3 Å². The van der Waals surface area contributed by atoms with Gasteiger partial charge in [0.2, 0.25) is 0 Å². The Morgan fingerprint density at radius 2 is 1.52 bits per heavy atom. The van der Waals surface area contributed by atoms with Crippen molar-refractivity contribution in [3.63, 3.8) is 0 Å². The van der Waals surface area contributed by atoms with Crippen LogP contribution in [-0.4, -0.2) is 82.6 Å². The molecule has 2 saturated carbocycles. The van der Waals surface area contributed by atoms with Gasteiger partial charge in [-0.1, -0.05) is 6.42 Å². The summed E-state index contributed by atoms with van der Waals surface area (Å²) in [5, 5.41) is 6.27. The summed E-state index contributed by atoms with van der Waals surface area (Å²) in [6.07, 6.45) is 23.4. The molecule has 2 aromatic carbocycles. The number of piperidine rings is 2. The number of rotatable bonds is 10. The molecule has 2 aromatic heterocycles. The summed E-state index contributed by atoms with van der Waals surface area (Å²) in [6.45, 7) is 14.1. The Hall–Kier alpha value is -3.62. The van der Waals surface area contributed by atoms with E-state index in [1.807, 2.05) is 30.8 Å². The van der Waals surface area contributed by atoms with E-state index in [0.717, 1.165) is 65.0 Å². The molecule has 2 saturated heterocycles. The number of nitrogens with one attached hydrogen (secondary N) is 2. The van der Waals surface area contributed by atoms with Gasteiger partial charge in [0.05, 0.1) is 12.0 Å². The van der Waals surface area contributed by atoms with Gasteiger partial charge < -0.3 is 9.88 Å². The zero-order valence-corrected chi connectivity index (χ0v) is 41.2. The van der Waals surface area contributed by atoms with Gasteiger partial charge in [0.1, 0.15) is 5.82 Å². The summed E-state index contributed by atoms with van der Waals surface area (Å²) >= 11 is -0.0743. The topological polar surface area (TPSA) is 98.6 Å². The van der Waals surface area contributed by atoms with Gasteiger partial charge in [-0.2, -0.15) is 0 Å². The number of aryl methyl sites for hydroxylation is 1. The quantitative estimate of drug-likeness (QED) is 0.0946. The first kappa shape index (κ1) is 45.5. The first-order valence-corrected chi connectivity index (χ1v) is 27.1. The number of fused-ring (bicyclic) bond motifs is 3. The average Bonchev–Trinajstić information content (AvgIpc) is 3.78. The van der Waals surface area contributed by atoms with E-state index in [1.165, 1.54) is 108 Å². The Morgan fingerprint density at radius 1 is 0.844 bits per heavy atom. The van der Waals surface area contributed by atoms with Gasteiger partial charge in [-0.3, -0.25) is 4.79 Å². The molecule has 64 heavy (non-hydrogen) atoms. The molecule has 2 aliphatic carbocycles. The van der Waals surface area contributed by atoms with E-state index in [0.29, 0.717) is 34.6 Å². The fraction of sp³-hybridized carbons (Fsp3) is 0.615. The summed E-state index contributed by atoms with van der Waals surface area (Å²) in [6, 6.07) is 12.4. The number of nitrogens with zero attached hydrogens (tertiary/aromatic N) is 6. The van der Waals surface area contributed by atoms with Gasteiger partial charge >= 0.3 is 274 Å². The maximum absolute atomic E-state index is 15.8. The number of alkyl halides is 1. The van der Waals surface area contributed by atoms with Crippen molar-refractivity contribution in [3.8, 4) is 11.3 Å². The Morgan fingerprint density at radius 3 is 2.19 bits per heavy atom. The van der Waals surface area contributed by atoms with Crippen molar-refractivity contribution < 1.29 is 35.5 Å². The number of amides is 2. The molecule has 9 rings (SSSR count). The molecular weight excluding hydrogens is 915 g/mol. The minimum Gasteiger partial charge on any atom is -0.350 e. The summed E-state index contributed by atoms with van der Waals surface area (Å²) in [5.41, 5.74) is 5.98. The Balaban J connectivity index is 1.04. The molecule has 4 fully saturated rings. The van der Waals surface area contributed by atoms with Crippen molar-refractivity contribution in [2.24, 2.45) is 0 Å². The van der Waals surface area contributed by atoms with E-state index in [1.54, 1.807) is 13.0 Å². The number of hydrogen-bond donors (Lipinski definition) is 2. The van der Waals surface area contributed by atoms with Gasteiger partial charge in [0.25, 0.3) is 5.91 Å². The molecule has 5 heterocycles. The van der Waals surface area contributed by atoms with E-state index < -0.39 is 11.2 Å². The first-order chi connectivity index (χ1) is 31.0. The van der Waals surface area contributed by atoms with Gasteiger partial charge in [0, 0.05) is 17.6 Å². The van der Waals surface area contributed by atoms with E-state index in [-0.39, 0.29) is 51.2 Å². The molecule has 5 aliphatic rings. The van der Waals surface area contributed by atoms with Crippen LogP contribution in [0.4, 0.5) is 21.6 Å². The summed E-state index contributed by atoms with van der Waals surface area (Å²) in [5.74, 6) is 0.0607. The molecule has 2 amide bonds. The van der Waals surface area contributed by atoms with Crippen molar-refractivity contribution in [3.05, 3.63) is 65.2 Å². The number of imidazole rings is 1. The molecule has 2 N–H and O–H groups in total. The monoisotopic (exact) mass is 985 g/mol. The fourth-order valence-electron chi connectivity index (χ4n) is 11.3. The summed E-state index contributed by atoms with van der Waals surface area (Å²) in [7, 11) is 0. The van der Waals surface area contributed by atoms with Crippen LogP contribution in [0.5, 0.6) is 0 Å². The number of carbonyl (C=O) groups excluding carboxylic acids is 2. The fourth-order valence-corrected chi connectivity index (χ4v) is 14.9. The smallest absolute Gasteiger partial charge is 0.350 e. The van der Waals surface area contributed by atoms with Crippen LogP contribution >= 0.6 is 0 Å². The third kappa shape index (κ3) is 9.35. The normalized spacial score (nSPS) is 22.9. The number of benzene rings is 2. The minimum absolute atomic E-state index is 0.0608. The maximum atomic E-state index is 15.8. The Labute approximate surface area is 391 Å². The third-order valence-electron chi connectivity index (χ3n) is 15.0. The zero-order chi connectivity index (χ0) is 44.5. The number of halogens is 2. The number of aromatic nitrogens is 3. The molecule has 12 heteroatoms. The number of hydrogen-bond acceptors (Lipinski definition) is 7. The van der Waals surface area contributed by atoms with Gasteiger partial charge in [-0.15, -0.1) is 0 Å². The summed E-state index contributed by atoms with van der Waals surface area (Å²) in [4.78, 5) is 43.5. The molecule has 0 radical (unpaired) electrons. The Kier molecular flexibility index (Phi) is 14.0. The second-order valence-electron chi connectivity index (χ2n) is 20.2. The van der Waals surface area contributed by atoms with Crippen molar-refractivity contribution >= 4 is 40.0 Å². The van der Waals surface area contributed by atoms with E-state index in [9.17, 15) is 4.79 Å². The SMILES string of the molecule is Cc1cc(F)c(Nc2nc(-c3ccc4c(c3)N(C3CC(N5CCCCC5)C3)C(=O)C43CCN([I-]C4CCCCCCCCCC4)CC3)cc3ncn(C(C)C)c23)cc1C(=O)NC(C)C. The number of pyridine rings is 1. The van der Waals surface area contributed by atoms with E-state index in [2.05, 4.69) is 55.6 Å². The molecule has 0 atom stereocenters. The summed E-state index contributed by atoms with van der Waals surface area (Å²) < 4.78 is 21.6. The first-order valence-electron chi connectivity index (χ1n) is 24.9. The molecule has 3 aliphatic heterocycles. The molecule has 0 unspecified atom stereocenters. The standard InChI is InChI=1S/C52H71FIN8O2/c1-34(2)56-50(63)41-31-45(43(53)27-36(41)5)58-49-48-46(55-33-61(48)35(3)4)32-44(57-49)37-19-20-42-47(28-37)62(40-29-39(30-40)59-23-15-12-16-24-59)51(64)52(42)21-25-60(26-22-52)54-38-17-13-10-8-6-7-9-11-14-18-38/h19-20,27-28,31-35,38-40H,6-18,21-26,29-30H2,1-5H3,(H,56,63)(H,57,58)/q-1. The molecule has 0 bridgehead atoms. The Bertz CT molecular complexity index is 2300. The predicted octanol–water partition coefficient (Wildman–Crippen LogP) is 7.99. The van der Waals surface area contributed by atoms with Gasteiger partial charge in [0.15, 0.2) is 0 Å². The van der Waals surface area contributed by atoms with Crippen LogP contribution in [0.2, 0.25) is 0 Å². The van der Waals surface area contributed by atoms with Crippen LogP contribution in [-0.2, 0) is 10.2 Å². The molecule has 1 spiro atoms.